The maximum absolute atomic E-state index is 12.1. The monoisotopic (exact) mass is 302 g/mol. The van der Waals surface area contributed by atoms with Gasteiger partial charge in [-0.1, -0.05) is 32.1 Å². The molecule has 1 rings (SSSR count). The van der Waals surface area contributed by atoms with Gasteiger partial charge in [0.25, 0.3) is 0 Å². The highest BCUT2D eigenvalue weighted by atomic mass is 35.5. The first-order chi connectivity index (χ1) is 7.52. The zero-order valence-corrected chi connectivity index (χ0v) is 12.4. The molecule has 1 atom stereocenters. The first-order valence-corrected chi connectivity index (χ1v) is 8.31. The van der Waals surface area contributed by atoms with Gasteiger partial charge in [0.1, 0.15) is 0 Å². The summed E-state index contributed by atoms with van der Waals surface area (Å²) in [6.07, 6.45) is 7.34. The molecule has 1 unspecified atom stereocenters. The standard InChI is InChI=1S/C11H20ClO3P.ClH/c12-11(13)8-9-16(14,15)10-6-4-2-1-3-5-7-10;/h10H,1-9H2,(H,14,15);1H. The molecular formula is C11H21Cl2O3P. The van der Waals surface area contributed by atoms with E-state index in [2.05, 4.69) is 0 Å². The Hall–Kier alpha value is 0.440. The van der Waals surface area contributed by atoms with Crippen molar-refractivity contribution in [1.82, 2.24) is 0 Å². The molecule has 0 aromatic rings. The number of carbonyl (C=O) groups excluding carboxylic acids is 1. The Morgan fingerprint density at radius 3 is 2.12 bits per heavy atom. The van der Waals surface area contributed by atoms with Crippen LogP contribution < -0.4 is 0 Å². The summed E-state index contributed by atoms with van der Waals surface area (Å²) in [5.74, 6) is 0. The fourth-order valence-corrected chi connectivity index (χ4v) is 4.56. The van der Waals surface area contributed by atoms with Crippen LogP contribution in [0, 0.1) is 0 Å². The molecule has 6 heteroatoms. The molecule has 0 radical (unpaired) electrons. The fraction of sp³-hybridized carbons (Fsp3) is 0.909. The third kappa shape index (κ3) is 6.81. The SMILES string of the molecule is Cl.O=C(Cl)CCP(=O)(O)C1CCCCCCC1. The Labute approximate surface area is 114 Å². The van der Waals surface area contributed by atoms with E-state index in [4.69, 9.17) is 11.6 Å². The minimum Gasteiger partial charge on any atom is -0.344 e. The zero-order valence-electron chi connectivity index (χ0n) is 9.94. The van der Waals surface area contributed by atoms with E-state index in [9.17, 15) is 14.3 Å². The van der Waals surface area contributed by atoms with Crippen LogP contribution in [0.25, 0.3) is 0 Å². The molecule has 0 aliphatic heterocycles. The summed E-state index contributed by atoms with van der Waals surface area (Å²) in [6.45, 7) is 0. The Kier molecular flexibility index (Phi) is 8.75. The van der Waals surface area contributed by atoms with Gasteiger partial charge in [0.2, 0.25) is 12.6 Å². The third-order valence-corrected chi connectivity index (χ3v) is 5.98. The van der Waals surface area contributed by atoms with Crippen molar-refractivity contribution < 1.29 is 14.3 Å². The zero-order chi connectivity index (χ0) is 12.0. The molecule has 1 saturated carbocycles. The van der Waals surface area contributed by atoms with Crippen LogP contribution in [-0.4, -0.2) is 22.0 Å². The van der Waals surface area contributed by atoms with Crippen molar-refractivity contribution in [2.75, 3.05) is 6.16 Å². The van der Waals surface area contributed by atoms with Crippen molar-refractivity contribution in [2.45, 2.75) is 57.0 Å². The van der Waals surface area contributed by atoms with Gasteiger partial charge in [-0.15, -0.1) is 12.4 Å². The minimum atomic E-state index is -3.17. The van der Waals surface area contributed by atoms with E-state index in [0.29, 0.717) is 0 Å². The molecule has 0 bridgehead atoms. The number of rotatable bonds is 4. The Morgan fingerprint density at radius 2 is 1.65 bits per heavy atom. The lowest BCUT2D eigenvalue weighted by Crippen LogP contribution is -2.13. The molecule has 1 fully saturated rings. The molecule has 0 heterocycles. The average Bonchev–Trinajstić information content (AvgIpc) is 2.13. The van der Waals surface area contributed by atoms with E-state index >= 15 is 0 Å². The summed E-state index contributed by atoms with van der Waals surface area (Å²) in [6, 6.07) is 0. The number of carbonyl (C=O) groups is 1. The molecule has 17 heavy (non-hydrogen) atoms. The van der Waals surface area contributed by atoms with E-state index in [1.165, 1.54) is 6.42 Å². The second kappa shape index (κ2) is 8.53. The van der Waals surface area contributed by atoms with E-state index < -0.39 is 12.6 Å². The minimum absolute atomic E-state index is 0. The molecule has 1 N–H and O–H groups in total. The van der Waals surface area contributed by atoms with Crippen molar-refractivity contribution >= 4 is 36.6 Å². The molecular weight excluding hydrogens is 282 g/mol. The predicted octanol–water partition coefficient (Wildman–Crippen LogP) is 3.95. The summed E-state index contributed by atoms with van der Waals surface area (Å²) < 4.78 is 12.1. The highest BCUT2D eigenvalue weighted by Crippen LogP contribution is 2.51. The van der Waals surface area contributed by atoms with Crippen LogP contribution in [0.5, 0.6) is 0 Å². The van der Waals surface area contributed by atoms with Crippen LogP contribution in [0.3, 0.4) is 0 Å². The molecule has 0 spiro atoms. The van der Waals surface area contributed by atoms with Crippen LogP contribution >= 0.6 is 31.4 Å². The largest absolute Gasteiger partial charge is 0.344 e. The van der Waals surface area contributed by atoms with Crippen LogP contribution in [0.2, 0.25) is 0 Å². The van der Waals surface area contributed by atoms with Gasteiger partial charge in [-0.2, -0.15) is 0 Å². The van der Waals surface area contributed by atoms with Crippen molar-refractivity contribution in [3.63, 3.8) is 0 Å². The molecule has 102 valence electrons. The summed E-state index contributed by atoms with van der Waals surface area (Å²) >= 11 is 5.21. The Morgan fingerprint density at radius 1 is 1.18 bits per heavy atom. The van der Waals surface area contributed by atoms with Crippen LogP contribution in [0.4, 0.5) is 0 Å². The van der Waals surface area contributed by atoms with Gasteiger partial charge in [0.05, 0.1) is 0 Å². The maximum Gasteiger partial charge on any atom is 0.222 e. The van der Waals surface area contributed by atoms with Gasteiger partial charge in [0.15, 0.2) is 0 Å². The molecule has 3 nitrogen and oxygen atoms in total. The van der Waals surface area contributed by atoms with Gasteiger partial charge in [-0.25, -0.2) is 0 Å². The Bertz CT molecular complexity index is 276. The number of hydrogen-bond donors (Lipinski definition) is 1. The normalized spacial score (nSPS) is 21.8. The Balaban J connectivity index is 0.00000256. The van der Waals surface area contributed by atoms with Crippen molar-refractivity contribution in [2.24, 2.45) is 0 Å². The summed E-state index contributed by atoms with van der Waals surface area (Å²) in [7, 11) is -3.17. The highest BCUT2D eigenvalue weighted by Gasteiger charge is 2.30. The molecule has 0 amide bonds. The maximum atomic E-state index is 12.1. The predicted molar refractivity (Wildman–Crippen MR) is 73.5 cm³/mol. The lowest BCUT2D eigenvalue weighted by Gasteiger charge is -2.24. The van der Waals surface area contributed by atoms with Crippen molar-refractivity contribution in [1.29, 1.82) is 0 Å². The van der Waals surface area contributed by atoms with Crippen molar-refractivity contribution in [3.05, 3.63) is 0 Å². The van der Waals surface area contributed by atoms with Crippen LogP contribution in [0.1, 0.15) is 51.4 Å². The topological polar surface area (TPSA) is 54.4 Å². The molecule has 1 aliphatic carbocycles. The summed E-state index contributed by atoms with van der Waals surface area (Å²) in [4.78, 5) is 20.6. The molecule has 0 saturated heterocycles. The van der Waals surface area contributed by atoms with Crippen LogP contribution in [-0.2, 0) is 9.36 Å². The quantitative estimate of drug-likeness (QED) is 0.632. The number of hydrogen-bond acceptors (Lipinski definition) is 2. The van der Waals surface area contributed by atoms with E-state index in [0.717, 1.165) is 38.5 Å². The first-order valence-electron chi connectivity index (χ1n) is 6.02. The van der Waals surface area contributed by atoms with Crippen LogP contribution in [0.15, 0.2) is 0 Å². The van der Waals surface area contributed by atoms with E-state index in [1.54, 1.807) is 0 Å². The summed E-state index contributed by atoms with van der Waals surface area (Å²) in [5, 5.41) is -0.514. The lowest BCUT2D eigenvalue weighted by molar-refractivity contribution is -0.111. The van der Waals surface area contributed by atoms with Gasteiger partial charge in [0, 0.05) is 18.2 Å². The van der Waals surface area contributed by atoms with Crippen molar-refractivity contribution in [3.8, 4) is 0 Å². The first kappa shape index (κ1) is 17.4. The number of halogens is 2. The molecule has 1 aliphatic rings. The van der Waals surface area contributed by atoms with Gasteiger partial charge < -0.3 is 4.89 Å². The second-order valence-electron chi connectivity index (χ2n) is 4.58. The fourth-order valence-electron chi connectivity index (χ4n) is 2.27. The summed E-state index contributed by atoms with van der Waals surface area (Å²) in [5.41, 5.74) is -0.108. The van der Waals surface area contributed by atoms with E-state index in [-0.39, 0.29) is 30.6 Å². The smallest absolute Gasteiger partial charge is 0.222 e. The third-order valence-electron chi connectivity index (χ3n) is 3.27. The van der Waals surface area contributed by atoms with Gasteiger partial charge in [-0.3, -0.25) is 9.36 Å². The highest BCUT2D eigenvalue weighted by molar-refractivity contribution is 7.58. The lowest BCUT2D eigenvalue weighted by atomic mass is 10.0. The van der Waals surface area contributed by atoms with E-state index in [1.807, 2.05) is 0 Å². The van der Waals surface area contributed by atoms with Gasteiger partial charge >= 0.3 is 0 Å². The molecule has 0 aromatic heterocycles. The second-order valence-corrected chi connectivity index (χ2v) is 7.69. The van der Waals surface area contributed by atoms with Gasteiger partial charge in [-0.05, 0) is 24.4 Å². The molecule has 0 aromatic carbocycles. The average molecular weight is 303 g/mol.